The lowest BCUT2D eigenvalue weighted by Crippen LogP contribution is -2.62. The first kappa shape index (κ1) is 15.8. The van der Waals surface area contributed by atoms with Crippen molar-refractivity contribution < 1.29 is 13.6 Å². The fraction of sp³-hybridized carbons (Fsp3) is 0.600. The molecular formula is C15H21F2N3O. The molecule has 0 spiro atoms. The molecule has 2 heterocycles. The summed E-state index contributed by atoms with van der Waals surface area (Å²) in [6, 6.07) is 1.09. The van der Waals surface area contributed by atoms with Gasteiger partial charge >= 0.3 is 0 Å². The highest BCUT2D eigenvalue weighted by Crippen LogP contribution is 2.28. The average molecular weight is 297 g/mol. The van der Waals surface area contributed by atoms with Gasteiger partial charge in [-0.3, -0.25) is 4.79 Å². The first-order valence-corrected chi connectivity index (χ1v) is 7.00. The first-order valence-electron chi connectivity index (χ1n) is 7.00. The number of pyridine rings is 1. The average Bonchev–Trinajstić information content (AvgIpc) is 2.28. The van der Waals surface area contributed by atoms with Crippen LogP contribution >= 0.6 is 0 Å². The zero-order valence-electron chi connectivity index (χ0n) is 12.8. The number of nitrogens with one attached hydrogen (secondary N) is 2. The summed E-state index contributed by atoms with van der Waals surface area (Å²) in [5, 5.41) is 6.30. The van der Waals surface area contributed by atoms with Gasteiger partial charge in [0.1, 0.15) is 0 Å². The Labute approximate surface area is 123 Å². The Kier molecular flexibility index (Phi) is 4.02. The number of carbonyl (C=O) groups excluding carboxylic acids is 1. The molecule has 0 unspecified atom stereocenters. The Morgan fingerprint density at radius 3 is 2.43 bits per heavy atom. The molecule has 116 valence electrons. The fourth-order valence-electron chi connectivity index (χ4n) is 3.28. The quantitative estimate of drug-likeness (QED) is 0.824. The molecular weight excluding hydrogens is 276 g/mol. The van der Waals surface area contributed by atoms with Crippen molar-refractivity contribution in [3.8, 4) is 0 Å². The van der Waals surface area contributed by atoms with Crippen molar-refractivity contribution in [3.05, 3.63) is 29.6 Å². The number of nitrogens with zero attached hydrogens (tertiary/aromatic N) is 1. The molecule has 0 aliphatic carbocycles. The normalized spacial score (nSPS) is 21.0. The van der Waals surface area contributed by atoms with Gasteiger partial charge in [0.15, 0.2) is 5.82 Å². The van der Waals surface area contributed by atoms with Crippen LogP contribution in [-0.4, -0.2) is 28.0 Å². The number of carbonyl (C=O) groups is 1. The van der Waals surface area contributed by atoms with Crippen LogP contribution in [-0.2, 0) is 0 Å². The SMILES string of the molecule is CC1(C)CC(NC(=O)c2ccnc(F)c2F)CC(C)(C)N1. The van der Waals surface area contributed by atoms with Crippen LogP contribution in [0.15, 0.2) is 12.3 Å². The van der Waals surface area contributed by atoms with E-state index in [9.17, 15) is 13.6 Å². The van der Waals surface area contributed by atoms with E-state index in [1.54, 1.807) is 0 Å². The molecule has 1 fully saturated rings. The summed E-state index contributed by atoms with van der Waals surface area (Å²) < 4.78 is 26.7. The lowest BCUT2D eigenvalue weighted by Gasteiger charge is -2.46. The van der Waals surface area contributed by atoms with E-state index in [1.807, 2.05) is 0 Å². The van der Waals surface area contributed by atoms with Crippen molar-refractivity contribution in [1.29, 1.82) is 0 Å². The molecule has 1 aliphatic rings. The second-order valence-electron chi connectivity index (χ2n) is 6.93. The monoisotopic (exact) mass is 297 g/mol. The van der Waals surface area contributed by atoms with Crippen LogP contribution in [0.1, 0.15) is 50.9 Å². The van der Waals surface area contributed by atoms with Crippen LogP contribution in [0.25, 0.3) is 0 Å². The van der Waals surface area contributed by atoms with Crippen molar-refractivity contribution in [2.24, 2.45) is 0 Å². The number of hydrogen-bond donors (Lipinski definition) is 2. The molecule has 4 nitrogen and oxygen atoms in total. The maximum Gasteiger partial charge on any atom is 0.254 e. The van der Waals surface area contributed by atoms with Gasteiger partial charge in [0.25, 0.3) is 5.91 Å². The van der Waals surface area contributed by atoms with Gasteiger partial charge in [0.05, 0.1) is 5.56 Å². The Morgan fingerprint density at radius 1 is 1.29 bits per heavy atom. The van der Waals surface area contributed by atoms with Crippen LogP contribution in [0.3, 0.4) is 0 Å². The third-order valence-electron chi connectivity index (χ3n) is 3.62. The molecule has 0 aromatic carbocycles. The summed E-state index contributed by atoms with van der Waals surface area (Å²) in [6.07, 6.45) is 2.53. The summed E-state index contributed by atoms with van der Waals surface area (Å²) in [5.74, 6) is -3.07. The van der Waals surface area contributed by atoms with Crippen molar-refractivity contribution in [3.63, 3.8) is 0 Å². The molecule has 1 amide bonds. The smallest absolute Gasteiger partial charge is 0.254 e. The largest absolute Gasteiger partial charge is 0.349 e. The lowest BCUT2D eigenvalue weighted by molar-refractivity contribution is 0.0868. The number of halogens is 2. The van der Waals surface area contributed by atoms with E-state index >= 15 is 0 Å². The Morgan fingerprint density at radius 2 is 1.86 bits per heavy atom. The highest BCUT2D eigenvalue weighted by molar-refractivity contribution is 5.94. The standard InChI is InChI=1S/C15H21F2N3O/c1-14(2)7-9(8-15(3,4)20-14)19-13(21)10-5-6-18-12(17)11(10)16/h5-6,9,20H,7-8H2,1-4H3,(H,19,21). The number of aromatic nitrogens is 1. The second kappa shape index (κ2) is 5.33. The Bertz CT molecular complexity index is 542. The van der Waals surface area contributed by atoms with Gasteiger partial charge in [0, 0.05) is 23.3 Å². The van der Waals surface area contributed by atoms with Crippen molar-refractivity contribution in [1.82, 2.24) is 15.6 Å². The van der Waals surface area contributed by atoms with E-state index in [4.69, 9.17) is 0 Å². The minimum Gasteiger partial charge on any atom is -0.349 e. The van der Waals surface area contributed by atoms with Gasteiger partial charge in [-0.1, -0.05) is 0 Å². The first-order chi connectivity index (χ1) is 9.60. The van der Waals surface area contributed by atoms with E-state index in [-0.39, 0.29) is 22.7 Å². The molecule has 6 heteroatoms. The van der Waals surface area contributed by atoms with Crippen LogP contribution in [0, 0.1) is 11.8 Å². The van der Waals surface area contributed by atoms with Gasteiger partial charge in [0.2, 0.25) is 5.95 Å². The molecule has 0 bridgehead atoms. The van der Waals surface area contributed by atoms with Gasteiger partial charge in [-0.2, -0.15) is 4.39 Å². The van der Waals surface area contributed by atoms with E-state index in [2.05, 4.69) is 43.3 Å². The molecule has 1 saturated heterocycles. The van der Waals surface area contributed by atoms with Gasteiger partial charge in [-0.25, -0.2) is 9.37 Å². The lowest BCUT2D eigenvalue weighted by atomic mass is 9.79. The van der Waals surface area contributed by atoms with Crippen molar-refractivity contribution in [2.45, 2.75) is 57.7 Å². The molecule has 1 aliphatic heterocycles. The van der Waals surface area contributed by atoms with Crippen molar-refractivity contribution in [2.75, 3.05) is 0 Å². The van der Waals surface area contributed by atoms with Gasteiger partial charge in [-0.15, -0.1) is 0 Å². The Balaban J connectivity index is 2.14. The van der Waals surface area contributed by atoms with Crippen LogP contribution in [0.2, 0.25) is 0 Å². The van der Waals surface area contributed by atoms with Gasteiger partial charge < -0.3 is 10.6 Å². The molecule has 2 N–H and O–H groups in total. The third-order valence-corrected chi connectivity index (χ3v) is 3.62. The highest BCUT2D eigenvalue weighted by Gasteiger charge is 2.38. The summed E-state index contributed by atoms with van der Waals surface area (Å²) in [7, 11) is 0. The molecule has 0 radical (unpaired) electrons. The predicted octanol–water partition coefficient (Wildman–Crippen LogP) is 2.40. The van der Waals surface area contributed by atoms with Crippen LogP contribution < -0.4 is 10.6 Å². The topological polar surface area (TPSA) is 54.0 Å². The highest BCUT2D eigenvalue weighted by atomic mass is 19.2. The summed E-state index contributed by atoms with van der Waals surface area (Å²) >= 11 is 0. The van der Waals surface area contributed by atoms with Crippen LogP contribution in [0.4, 0.5) is 8.78 Å². The van der Waals surface area contributed by atoms with E-state index in [0.29, 0.717) is 0 Å². The minimum absolute atomic E-state index is 0.0978. The maximum absolute atomic E-state index is 13.6. The number of amides is 1. The molecule has 21 heavy (non-hydrogen) atoms. The zero-order valence-corrected chi connectivity index (χ0v) is 12.8. The maximum atomic E-state index is 13.6. The molecule has 1 aromatic rings. The number of rotatable bonds is 2. The minimum atomic E-state index is -1.26. The number of hydrogen-bond acceptors (Lipinski definition) is 3. The zero-order chi connectivity index (χ0) is 15.8. The van der Waals surface area contributed by atoms with Crippen molar-refractivity contribution >= 4 is 5.91 Å². The summed E-state index contributed by atoms with van der Waals surface area (Å²) in [6.45, 7) is 8.22. The van der Waals surface area contributed by atoms with Crippen LogP contribution in [0.5, 0.6) is 0 Å². The Hall–Kier alpha value is -1.56. The second-order valence-corrected chi connectivity index (χ2v) is 6.93. The molecule has 2 rings (SSSR count). The number of piperidine rings is 1. The van der Waals surface area contributed by atoms with E-state index in [0.717, 1.165) is 19.0 Å². The van der Waals surface area contributed by atoms with E-state index < -0.39 is 17.7 Å². The molecule has 0 atom stereocenters. The van der Waals surface area contributed by atoms with Gasteiger partial charge in [-0.05, 0) is 46.6 Å². The summed E-state index contributed by atoms with van der Waals surface area (Å²) in [5.41, 5.74) is -0.583. The van der Waals surface area contributed by atoms with E-state index in [1.165, 1.54) is 6.07 Å². The summed E-state index contributed by atoms with van der Waals surface area (Å²) in [4.78, 5) is 15.3. The third kappa shape index (κ3) is 3.75. The predicted molar refractivity (Wildman–Crippen MR) is 75.9 cm³/mol. The molecule has 1 aromatic heterocycles. The fourth-order valence-corrected chi connectivity index (χ4v) is 3.28. The molecule has 0 saturated carbocycles.